The normalized spacial score (nSPS) is 11.5. The Morgan fingerprint density at radius 3 is 2.54 bits per heavy atom. The molecule has 0 saturated carbocycles. The first-order valence-corrected chi connectivity index (χ1v) is 11.6. The van der Waals surface area contributed by atoms with Crippen molar-refractivity contribution in [3.05, 3.63) is 53.9 Å². The number of nitrogens with zero attached hydrogens (tertiary/aromatic N) is 3. The minimum absolute atomic E-state index is 0.0476. The monoisotopic (exact) mass is 481 g/mol. The van der Waals surface area contributed by atoms with E-state index in [4.69, 9.17) is 9.47 Å². The van der Waals surface area contributed by atoms with E-state index in [1.165, 1.54) is 0 Å². The number of anilines is 1. The van der Waals surface area contributed by atoms with E-state index in [1.807, 2.05) is 63.5 Å². The van der Waals surface area contributed by atoms with E-state index in [2.05, 4.69) is 20.5 Å². The van der Waals surface area contributed by atoms with Crippen LogP contribution in [0, 0.1) is 6.92 Å². The topological polar surface area (TPSA) is 97.7 Å². The summed E-state index contributed by atoms with van der Waals surface area (Å²) in [6, 6.07) is 13.1. The molecule has 0 bridgehead atoms. The van der Waals surface area contributed by atoms with Gasteiger partial charge in [0.05, 0.1) is 17.6 Å². The smallest absolute Gasteiger partial charge is 0.408 e. The molecule has 0 aliphatic heterocycles. The number of fused-ring (bicyclic) bond motifs is 1. The number of ether oxygens (including phenoxy) is 2. The highest BCUT2D eigenvalue weighted by Gasteiger charge is 2.18. The second-order valence-corrected chi connectivity index (χ2v) is 9.64. The SMILES string of the molecule is Cc1cc(NC(=O)Cn2c(CNC(=O)OC(C)(C)C)nc3ccccc32)ccc1OCCN(C)C. The molecule has 2 aromatic carbocycles. The molecular formula is C26H35N5O4. The molecule has 2 N–H and O–H groups in total. The van der Waals surface area contributed by atoms with Crippen LogP contribution in [0.1, 0.15) is 32.2 Å². The molecule has 9 nitrogen and oxygen atoms in total. The zero-order chi connectivity index (χ0) is 25.6. The van der Waals surface area contributed by atoms with Crippen LogP contribution in [0.3, 0.4) is 0 Å². The lowest BCUT2D eigenvalue weighted by Crippen LogP contribution is -2.33. The molecule has 0 aliphatic rings. The summed E-state index contributed by atoms with van der Waals surface area (Å²) in [5.41, 5.74) is 2.58. The van der Waals surface area contributed by atoms with Crippen molar-refractivity contribution in [2.75, 3.05) is 32.6 Å². The first-order valence-electron chi connectivity index (χ1n) is 11.6. The van der Waals surface area contributed by atoms with Crippen LogP contribution >= 0.6 is 0 Å². The predicted octanol–water partition coefficient (Wildman–Crippen LogP) is 3.95. The van der Waals surface area contributed by atoms with Gasteiger partial charge in [-0.2, -0.15) is 0 Å². The van der Waals surface area contributed by atoms with Crippen LogP contribution in [0.15, 0.2) is 42.5 Å². The molecule has 3 rings (SSSR count). The van der Waals surface area contributed by atoms with Gasteiger partial charge in [0.1, 0.15) is 30.3 Å². The van der Waals surface area contributed by atoms with E-state index in [9.17, 15) is 9.59 Å². The molecule has 1 heterocycles. The van der Waals surface area contributed by atoms with Crippen LogP contribution in [0.5, 0.6) is 5.75 Å². The fourth-order valence-electron chi connectivity index (χ4n) is 3.47. The average molecular weight is 482 g/mol. The maximum atomic E-state index is 12.9. The maximum Gasteiger partial charge on any atom is 0.408 e. The maximum absolute atomic E-state index is 12.9. The van der Waals surface area contributed by atoms with Crippen LogP contribution < -0.4 is 15.4 Å². The number of amides is 2. The zero-order valence-corrected chi connectivity index (χ0v) is 21.3. The Kier molecular flexibility index (Phi) is 8.34. The summed E-state index contributed by atoms with van der Waals surface area (Å²) in [6.07, 6.45) is -0.538. The number of aryl methyl sites for hydroxylation is 1. The summed E-state index contributed by atoms with van der Waals surface area (Å²) >= 11 is 0. The number of carbonyl (C=O) groups is 2. The molecule has 2 amide bonds. The van der Waals surface area contributed by atoms with Crippen LogP contribution in [0.2, 0.25) is 0 Å². The Hall–Kier alpha value is -3.59. The first-order chi connectivity index (χ1) is 16.5. The van der Waals surface area contributed by atoms with Gasteiger partial charge in [-0.15, -0.1) is 0 Å². The molecule has 0 fully saturated rings. The number of benzene rings is 2. The van der Waals surface area contributed by atoms with Crippen molar-refractivity contribution in [3.63, 3.8) is 0 Å². The van der Waals surface area contributed by atoms with Gasteiger partial charge in [0.2, 0.25) is 5.91 Å². The fraction of sp³-hybridized carbons (Fsp3) is 0.423. The third-order valence-corrected chi connectivity index (χ3v) is 5.08. The number of hydrogen-bond acceptors (Lipinski definition) is 6. The van der Waals surface area contributed by atoms with E-state index >= 15 is 0 Å². The first kappa shape index (κ1) is 26.0. The number of imidazole rings is 1. The Labute approximate surface area is 206 Å². The molecule has 1 aromatic heterocycles. The van der Waals surface area contributed by atoms with E-state index in [0.29, 0.717) is 18.1 Å². The summed E-state index contributed by atoms with van der Waals surface area (Å²) < 4.78 is 12.9. The van der Waals surface area contributed by atoms with Gasteiger partial charge < -0.3 is 29.6 Å². The van der Waals surface area contributed by atoms with E-state index in [1.54, 1.807) is 25.3 Å². The van der Waals surface area contributed by atoms with Gasteiger partial charge in [0, 0.05) is 12.2 Å². The van der Waals surface area contributed by atoms with Crippen LogP contribution in [-0.4, -0.2) is 59.3 Å². The Balaban J connectivity index is 1.69. The highest BCUT2D eigenvalue weighted by molar-refractivity contribution is 5.92. The van der Waals surface area contributed by atoms with Gasteiger partial charge in [-0.3, -0.25) is 4.79 Å². The van der Waals surface area contributed by atoms with Gasteiger partial charge in [-0.25, -0.2) is 9.78 Å². The number of nitrogens with one attached hydrogen (secondary N) is 2. The second kappa shape index (κ2) is 11.2. The standard InChI is InChI=1S/C26H35N5O4/c1-18-15-19(11-12-22(18)34-14-13-30(5)6)28-24(32)17-31-21-10-8-7-9-20(21)29-23(31)16-27-25(33)35-26(2,3)4/h7-12,15H,13-14,16-17H2,1-6H3,(H,27,33)(H,28,32). The quantitative estimate of drug-likeness (QED) is 0.480. The van der Waals surface area contributed by atoms with Gasteiger partial charge in [-0.1, -0.05) is 12.1 Å². The highest BCUT2D eigenvalue weighted by atomic mass is 16.6. The van der Waals surface area contributed by atoms with Crippen molar-refractivity contribution in [1.82, 2.24) is 19.8 Å². The summed E-state index contributed by atoms with van der Waals surface area (Å²) in [5.74, 6) is 1.15. The van der Waals surface area contributed by atoms with Crippen molar-refractivity contribution in [1.29, 1.82) is 0 Å². The second-order valence-electron chi connectivity index (χ2n) is 9.64. The van der Waals surface area contributed by atoms with Crippen LogP contribution in [-0.2, 0) is 22.6 Å². The lowest BCUT2D eigenvalue weighted by molar-refractivity contribution is -0.116. The highest BCUT2D eigenvalue weighted by Crippen LogP contribution is 2.22. The molecular weight excluding hydrogens is 446 g/mol. The number of carbonyl (C=O) groups excluding carboxylic acids is 2. The number of rotatable bonds is 9. The molecule has 0 unspecified atom stereocenters. The molecule has 188 valence electrons. The van der Waals surface area contributed by atoms with E-state index in [-0.39, 0.29) is 19.0 Å². The third kappa shape index (κ3) is 7.71. The lowest BCUT2D eigenvalue weighted by atomic mass is 10.2. The Morgan fingerprint density at radius 1 is 1.11 bits per heavy atom. The largest absolute Gasteiger partial charge is 0.492 e. The molecule has 35 heavy (non-hydrogen) atoms. The molecule has 0 spiro atoms. The average Bonchev–Trinajstić information content (AvgIpc) is 3.10. The van der Waals surface area contributed by atoms with Crippen LogP contribution in [0.25, 0.3) is 11.0 Å². The number of hydrogen-bond donors (Lipinski definition) is 2. The minimum Gasteiger partial charge on any atom is -0.492 e. The van der Waals surface area contributed by atoms with Gasteiger partial charge in [-0.05, 0) is 77.7 Å². The Bertz CT molecular complexity index is 1180. The van der Waals surface area contributed by atoms with Crippen molar-refractivity contribution < 1.29 is 19.1 Å². The predicted molar refractivity (Wildman–Crippen MR) is 137 cm³/mol. The van der Waals surface area contributed by atoms with E-state index < -0.39 is 11.7 Å². The van der Waals surface area contributed by atoms with Crippen molar-refractivity contribution >= 4 is 28.7 Å². The van der Waals surface area contributed by atoms with Crippen molar-refractivity contribution in [3.8, 4) is 5.75 Å². The molecule has 0 radical (unpaired) electrons. The number of aromatic nitrogens is 2. The molecule has 3 aromatic rings. The summed E-state index contributed by atoms with van der Waals surface area (Å²) in [4.78, 5) is 31.7. The summed E-state index contributed by atoms with van der Waals surface area (Å²) in [6.45, 7) is 8.95. The molecule has 9 heteroatoms. The fourth-order valence-corrected chi connectivity index (χ4v) is 3.47. The molecule has 0 saturated heterocycles. The summed E-state index contributed by atoms with van der Waals surface area (Å²) in [7, 11) is 3.99. The molecule has 0 atom stereocenters. The zero-order valence-electron chi connectivity index (χ0n) is 21.3. The summed E-state index contributed by atoms with van der Waals surface area (Å²) in [5, 5.41) is 5.67. The van der Waals surface area contributed by atoms with E-state index in [0.717, 1.165) is 28.9 Å². The molecule has 0 aliphatic carbocycles. The Morgan fingerprint density at radius 2 is 1.86 bits per heavy atom. The number of likely N-dealkylation sites (N-methyl/N-ethyl adjacent to an activating group) is 1. The minimum atomic E-state index is -0.602. The van der Waals surface area contributed by atoms with Crippen molar-refractivity contribution in [2.45, 2.75) is 46.4 Å². The number of para-hydroxylation sites is 2. The van der Waals surface area contributed by atoms with Crippen molar-refractivity contribution in [2.24, 2.45) is 0 Å². The van der Waals surface area contributed by atoms with Gasteiger partial charge in [0.15, 0.2) is 0 Å². The van der Waals surface area contributed by atoms with Gasteiger partial charge >= 0.3 is 6.09 Å². The number of alkyl carbamates (subject to hydrolysis) is 1. The third-order valence-electron chi connectivity index (χ3n) is 5.08. The van der Waals surface area contributed by atoms with Crippen LogP contribution in [0.4, 0.5) is 10.5 Å². The van der Waals surface area contributed by atoms with Gasteiger partial charge in [0.25, 0.3) is 0 Å². The lowest BCUT2D eigenvalue weighted by Gasteiger charge is -2.19.